The number of imidazole rings is 1. The van der Waals surface area contributed by atoms with E-state index in [4.69, 9.17) is 0 Å². The number of aromatic nitrogens is 3. The van der Waals surface area contributed by atoms with Gasteiger partial charge in [-0.05, 0) is 55.3 Å². The van der Waals surface area contributed by atoms with E-state index in [2.05, 4.69) is 20.6 Å². The second-order valence-corrected chi connectivity index (χ2v) is 9.23. The van der Waals surface area contributed by atoms with Crippen LogP contribution in [0.2, 0.25) is 0 Å². The highest BCUT2D eigenvalue weighted by Crippen LogP contribution is 2.38. The van der Waals surface area contributed by atoms with Crippen molar-refractivity contribution < 1.29 is 19.2 Å². The second kappa shape index (κ2) is 8.37. The topological polar surface area (TPSA) is 126 Å². The van der Waals surface area contributed by atoms with Gasteiger partial charge in [0.2, 0.25) is 11.8 Å². The Kier molecular flexibility index (Phi) is 5.11. The van der Waals surface area contributed by atoms with Crippen molar-refractivity contribution in [3.05, 3.63) is 71.8 Å². The first kappa shape index (κ1) is 22.6. The Hall–Kier alpha value is -4.86. The predicted molar refractivity (Wildman–Crippen MR) is 135 cm³/mol. The number of pyridine rings is 1. The summed E-state index contributed by atoms with van der Waals surface area (Å²) in [6.45, 7) is 1.91. The van der Waals surface area contributed by atoms with Crippen LogP contribution in [0.5, 0.6) is 0 Å². The molecule has 1 fully saturated rings. The van der Waals surface area contributed by atoms with Crippen molar-refractivity contribution in [3.63, 3.8) is 0 Å². The average molecular weight is 495 g/mol. The normalized spacial score (nSPS) is 17.4. The lowest BCUT2D eigenvalue weighted by Gasteiger charge is -2.27. The third kappa shape index (κ3) is 3.65. The maximum atomic E-state index is 13.5. The predicted octanol–water partition coefficient (Wildman–Crippen LogP) is 3.09. The van der Waals surface area contributed by atoms with Crippen LogP contribution in [-0.4, -0.2) is 49.1 Å². The number of aryl methyl sites for hydroxylation is 2. The SMILES string of the molecule is Cc1cc(-c2cc3ncn(C)c3cc2Nc2cccc3c2C(=O)N(C2CCC(=O)NC2=O)C3=O)ccn1. The molecule has 4 aromatic rings. The zero-order valence-electron chi connectivity index (χ0n) is 20.1. The zero-order chi connectivity index (χ0) is 25.8. The monoisotopic (exact) mass is 494 g/mol. The number of benzene rings is 2. The fraction of sp³-hybridized carbons (Fsp3) is 0.185. The largest absolute Gasteiger partial charge is 0.354 e. The molecule has 1 unspecified atom stereocenters. The van der Waals surface area contributed by atoms with Gasteiger partial charge in [0.15, 0.2) is 0 Å². The van der Waals surface area contributed by atoms with E-state index >= 15 is 0 Å². The van der Waals surface area contributed by atoms with Gasteiger partial charge in [-0.1, -0.05) is 6.07 Å². The summed E-state index contributed by atoms with van der Waals surface area (Å²) in [7, 11) is 1.90. The number of fused-ring (bicyclic) bond motifs is 2. The summed E-state index contributed by atoms with van der Waals surface area (Å²) in [4.78, 5) is 60.6. The van der Waals surface area contributed by atoms with Crippen LogP contribution >= 0.6 is 0 Å². The molecule has 10 nitrogen and oxygen atoms in total. The van der Waals surface area contributed by atoms with Crippen molar-refractivity contribution in [2.45, 2.75) is 25.8 Å². The number of imide groups is 2. The van der Waals surface area contributed by atoms with Gasteiger partial charge in [-0.3, -0.25) is 34.4 Å². The lowest BCUT2D eigenvalue weighted by Crippen LogP contribution is -2.54. The van der Waals surface area contributed by atoms with E-state index in [1.165, 1.54) is 0 Å². The molecule has 0 radical (unpaired) electrons. The van der Waals surface area contributed by atoms with Crippen LogP contribution in [0.25, 0.3) is 22.2 Å². The van der Waals surface area contributed by atoms with Gasteiger partial charge < -0.3 is 9.88 Å². The summed E-state index contributed by atoms with van der Waals surface area (Å²) in [5, 5.41) is 5.60. The third-order valence-electron chi connectivity index (χ3n) is 6.81. The molecule has 0 saturated carbocycles. The van der Waals surface area contributed by atoms with Crippen LogP contribution in [-0.2, 0) is 16.6 Å². The molecule has 0 bridgehead atoms. The first-order chi connectivity index (χ1) is 17.8. The molecular formula is C27H22N6O4. The molecular weight excluding hydrogens is 472 g/mol. The Morgan fingerprint density at radius 1 is 0.973 bits per heavy atom. The lowest BCUT2D eigenvalue weighted by molar-refractivity contribution is -0.136. The van der Waals surface area contributed by atoms with E-state index in [9.17, 15) is 19.2 Å². The van der Waals surface area contributed by atoms with Gasteiger partial charge in [0.05, 0.1) is 34.2 Å². The minimum Gasteiger partial charge on any atom is -0.354 e. The molecule has 6 rings (SSSR count). The van der Waals surface area contributed by atoms with Gasteiger partial charge in [0.1, 0.15) is 6.04 Å². The molecule has 2 aromatic carbocycles. The minimum atomic E-state index is -1.03. The van der Waals surface area contributed by atoms with E-state index in [0.717, 1.165) is 38.4 Å². The number of anilines is 2. The number of hydrogen-bond acceptors (Lipinski definition) is 7. The van der Waals surface area contributed by atoms with Gasteiger partial charge in [0.25, 0.3) is 11.8 Å². The number of rotatable bonds is 4. The number of nitrogens with zero attached hydrogens (tertiary/aromatic N) is 4. The number of piperidine rings is 1. The Labute approximate surface area is 211 Å². The summed E-state index contributed by atoms with van der Waals surface area (Å²) in [6, 6.07) is 11.8. The Morgan fingerprint density at radius 3 is 2.59 bits per heavy atom. The van der Waals surface area contributed by atoms with Crippen molar-refractivity contribution in [2.75, 3.05) is 5.32 Å². The number of hydrogen-bond donors (Lipinski definition) is 2. The molecule has 37 heavy (non-hydrogen) atoms. The highest BCUT2D eigenvalue weighted by atomic mass is 16.2. The van der Waals surface area contributed by atoms with Crippen molar-refractivity contribution in [2.24, 2.45) is 7.05 Å². The highest BCUT2D eigenvalue weighted by Gasteiger charge is 2.45. The summed E-state index contributed by atoms with van der Waals surface area (Å²) >= 11 is 0. The molecule has 2 aliphatic rings. The number of carbonyl (C=O) groups is 4. The van der Waals surface area contributed by atoms with Crippen molar-refractivity contribution >= 4 is 46.0 Å². The summed E-state index contributed by atoms with van der Waals surface area (Å²) in [5.74, 6) is -2.17. The maximum Gasteiger partial charge on any atom is 0.264 e. The van der Waals surface area contributed by atoms with Crippen LogP contribution in [0, 0.1) is 6.92 Å². The van der Waals surface area contributed by atoms with Crippen molar-refractivity contribution in [3.8, 4) is 11.1 Å². The number of amides is 4. The molecule has 2 N–H and O–H groups in total. The molecule has 4 heterocycles. The van der Waals surface area contributed by atoms with Crippen LogP contribution in [0.1, 0.15) is 39.3 Å². The van der Waals surface area contributed by atoms with Gasteiger partial charge >= 0.3 is 0 Å². The highest BCUT2D eigenvalue weighted by molar-refractivity contribution is 6.25. The van der Waals surface area contributed by atoms with Crippen LogP contribution < -0.4 is 10.6 Å². The molecule has 184 valence electrons. The van der Waals surface area contributed by atoms with E-state index in [-0.39, 0.29) is 24.0 Å². The van der Waals surface area contributed by atoms with Gasteiger partial charge in [-0.2, -0.15) is 0 Å². The minimum absolute atomic E-state index is 0.0638. The molecule has 2 aromatic heterocycles. The zero-order valence-corrected chi connectivity index (χ0v) is 20.1. The fourth-order valence-electron chi connectivity index (χ4n) is 4.99. The standard InChI is InChI=1S/C27H22N6O4/c1-14-10-15(8-9-28-14)17-11-20-22(32(2)13-29-20)12-19(17)30-18-5-3-4-16-24(18)27(37)33(26(16)36)21-6-7-23(34)31-25(21)35/h3-5,8-13,21,30H,6-7H2,1-2H3,(H,31,34,35). The van der Waals surface area contributed by atoms with E-state index in [0.29, 0.717) is 5.69 Å². The van der Waals surface area contributed by atoms with Crippen LogP contribution in [0.3, 0.4) is 0 Å². The first-order valence-corrected chi connectivity index (χ1v) is 11.8. The quantitative estimate of drug-likeness (QED) is 0.418. The van der Waals surface area contributed by atoms with E-state index < -0.39 is 29.7 Å². The molecule has 10 heteroatoms. The summed E-state index contributed by atoms with van der Waals surface area (Å²) < 4.78 is 1.90. The molecule has 1 atom stereocenters. The van der Waals surface area contributed by atoms with Crippen molar-refractivity contribution in [1.82, 2.24) is 24.8 Å². The van der Waals surface area contributed by atoms with Gasteiger partial charge in [-0.25, -0.2) is 4.98 Å². The van der Waals surface area contributed by atoms with Gasteiger partial charge in [-0.15, -0.1) is 0 Å². The number of carbonyl (C=O) groups excluding carboxylic acids is 4. The molecule has 0 aliphatic carbocycles. The maximum absolute atomic E-state index is 13.5. The van der Waals surface area contributed by atoms with Crippen LogP contribution in [0.4, 0.5) is 11.4 Å². The molecule has 1 saturated heterocycles. The van der Waals surface area contributed by atoms with Crippen molar-refractivity contribution in [1.29, 1.82) is 0 Å². The molecule has 2 aliphatic heterocycles. The lowest BCUT2D eigenvalue weighted by atomic mass is 10.0. The van der Waals surface area contributed by atoms with E-state index in [1.807, 2.05) is 42.8 Å². The molecule has 4 amide bonds. The van der Waals surface area contributed by atoms with E-state index in [1.54, 1.807) is 30.7 Å². The third-order valence-corrected chi connectivity index (χ3v) is 6.81. The fourth-order valence-corrected chi connectivity index (χ4v) is 4.99. The summed E-state index contributed by atoms with van der Waals surface area (Å²) in [6.07, 6.45) is 3.63. The average Bonchev–Trinajstić information content (AvgIpc) is 3.36. The molecule has 0 spiro atoms. The van der Waals surface area contributed by atoms with Crippen LogP contribution in [0.15, 0.2) is 55.0 Å². The Bertz CT molecular complexity index is 1660. The Balaban J connectivity index is 1.44. The first-order valence-electron chi connectivity index (χ1n) is 11.8. The Morgan fingerprint density at radius 2 is 1.81 bits per heavy atom. The number of nitrogens with one attached hydrogen (secondary N) is 2. The second-order valence-electron chi connectivity index (χ2n) is 9.23. The smallest absolute Gasteiger partial charge is 0.264 e. The summed E-state index contributed by atoms with van der Waals surface area (Å²) in [5.41, 5.74) is 5.89. The van der Waals surface area contributed by atoms with Gasteiger partial charge in [0, 0.05) is 36.6 Å².